The molecule has 0 radical (unpaired) electrons. The summed E-state index contributed by atoms with van der Waals surface area (Å²) < 4.78 is 0. The van der Waals surface area contributed by atoms with Crippen molar-refractivity contribution in [3.63, 3.8) is 0 Å². The molecule has 2 unspecified atom stereocenters. The molecule has 6 heteroatoms. The van der Waals surface area contributed by atoms with Gasteiger partial charge in [0.15, 0.2) is 5.11 Å². The number of aromatic amines is 1. The maximum Gasteiger partial charge on any atom is 0.256 e. The highest BCUT2D eigenvalue weighted by Crippen LogP contribution is 2.45. The number of para-hydroxylation sites is 2. The van der Waals surface area contributed by atoms with Gasteiger partial charge in [0, 0.05) is 28.0 Å². The molecular formula is C26H20ClN3OS. The number of hydrogen-bond acceptors (Lipinski definition) is 2. The summed E-state index contributed by atoms with van der Waals surface area (Å²) in [5.74, 6) is 0.0206. The van der Waals surface area contributed by atoms with Gasteiger partial charge < -0.3 is 9.88 Å². The van der Waals surface area contributed by atoms with E-state index >= 15 is 0 Å². The van der Waals surface area contributed by atoms with Crippen LogP contribution in [0.5, 0.6) is 0 Å². The highest BCUT2D eigenvalue weighted by atomic mass is 35.5. The molecule has 0 saturated carbocycles. The lowest BCUT2D eigenvalue weighted by molar-refractivity contribution is -0.120. The van der Waals surface area contributed by atoms with Gasteiger partial charge in [-0.25, -0.2) is 0 Å². The van der Waals surface area contributed by atoms with Gasteiger partial charge in [-0.15, -0.1) is 0 Å². The van der Waals surface area contributed by atoms with Crippen LogP contribution in [0.1, 0.15) is 28.4 Å². The summed E-state index contributed by atoms with van der Waals surface area (Å²) in [5.41, 5.74) is 6.19. The number of carbonyl (C=O) groups is 1. The third-order valence-corrected chi connectivity index (χ3v) is 7.20. The molecular weight excluding hydrogens is 438 g/mol. The Kier molecular flexibility index (Phi) is 4.39. The van der Waals surface area contributed by atoms with Crippen LogP contribution in [0.15, 0.2) is 72.8 Å². The topological polar surface area (TPSA) is 39.3 Å². The second-order valence-corrected chi connectivity index (χ2v) is 9.19. The van der Waals surface area contributed by atoms with Crippen LogP contribution in [0.3, 0.4) is 0 Å². The SMILES string of the molecule is Cc1ccccc1N1C(=O)C2Cc3c([nH]c4ccccc34)C(c3cccc(Cl)c3)N2C1=S. The van der Waals surface area contributed by atoms with E-state index in [2.05, 4.69) is 28.1 Å². The minimum atomic E-state index is -0.363. The lowest BCUT2D eigenvalue weighted by atomic mass is 9.89. The third-order valence-electron chi connectivity index (χ3n) is 6.57. The van der Waals surface area contributed by atoms with Gasteiger partial charge in [0.25, 0.3) is 5.91 Å². The summed E-state index contributed by atoms with van der Waals surface area (Å²) in [6.07, 6.45) is 0.609. The van der Waals surface area contributed by atoms with Crippen molar-refractivity contribution in [3.8, 4) is 0 Å². The van der Waals surface area contributed by atoms with Crippen molar-refractivity contribution in [2.24, 2.45) is 0 Å². The Hall–Kier alpha value is -3.15. The number of thiocarbonyl (C=S) groups is 1. The molecule has 4 nitrogen and oxygen atoms in total. The van der Waals surface area contributed by atoms with E-state index in [1.807, 2.05) is 61.5 Å². The number of aryl methyl sites for hydroxylation is 1. The van der Waals surface area contributed by atoms with Gasteiger partial charge in [-0.3, -0.25) is 9.69 Å². The van der Waals surface area contributed by atoms with Crippen LogP contribution in [-0.4, -0.2) is 26.9 Å². The molecule has 158 valence electrons. The zero-order valence-corrected chi connectivity index (χ0v) is 19.0. The molecule has 6 rings (SSSR count). The number of benzene rings is 3. The Morgan fingerprint density at radius 3 is 2.62 bits per heavy atom. The summed E-state index contributed by atoms with van der Waals surface area (Å²) in [6.45, 7) is 2.01. The predicted molar refractivity (Wildman–Crippen MR) is 132 cm³/mol. The molecule has 4 aromatic rings. The minimum Gasteiger partial charge on any atom is -0.356 e. The number of carbonyl (C=O) groups excluding carboxylic acids is 1. The molecule has 1 saturated heterocycles. The van der Waals surface area contributed by atoms with E-state index in [9.17, 15) is 4.79 Å². The van der Waals surface area contributed by atoms with Crippen LogP contribution in [0.2, 0.25) is 5.02 Å². The van der Waals surface area contributed by atoms with Crippen LogP contribution in [-0.2, 0) is 11.2 Å². The Labute approximate surface area is 196 Å². The van der Waals surface area contributed by atoms with E-state index in [0.717, 1.165) is 33.4 Å². The molecule has 1 fully saturated rings. The summed E-state index contributed by atoms with van der Waals surface area (Å²) in [6, 6.07) is 23.4. The first kappa shape index (κ1) is 19.5. The largest absolute Gasteiger partial charge is 0.356 e. The fraction of sp³-hybridized carbons (Fsp3) is 0.154. The van der Waals surface area contributed by atoms with Crippen molar-refractivity contribution in [3.05, 3.63) is 100 Å². The molecule has 3 heterocycles. The molecule has 2 atom stereocenters. The number of nitrogens with one attached hydrogen (secondary N) is 1. The van der Waals surface area contributed by atoms with Gasteiger partial charge in [0.2, 0.25) is 0 Å². The zero-order valence-electron chi connectivity index (χ0n) is 17.4. The van der Waals surface area contributed by atoms with E-state index in [1.165, 1.54) is 5.56 Å². The van der Waals surface area contributed by atoms with Gasteiger partial charge in [0.1, 0.15) is 6.04 Å². The Balaban J connectivity index is 1.57. The Morgan fingerprint density at radius 1 is 1.03 bits per heavy atom. The highest BCUT2D eigenvalue weighted by molar-refractivity contribution is 7.80. The average Bonchev–Trinajstić information content (AvgIpc) is 3.28. The molecule has 2 aliphatic rings. The van der Waals surface area contributed by atoms with Crippen molar-refractivity contribution >= 4 is 51.4 Å². The maximum atomic E-state index is 13.8. The van der Waals surface area contributed by atoms with Crippen LogP contribution in [0.25, 0.3) is 10.9 Å². The molecule has 2 aliphatic heterocycles. The maximum absolute atomic E-state index is 13.8. The second-order valence-electron chi connectivity index (χ2n) is 8.39. The molecule has 0 bridgehead atoms. The van der Waals surface area contributed by atoms with Gasteiger partial charge in [-0.1, -0.05) is 60.1 Å². The van der Waals surface area contributed by atoms with E-state index < -0.39 is 0 Å². The average molecular weight is 458 g/mol. The van der Waals surface area contributed by atoms with Gasteiger partial charge in [-0.2, -0.15) is 0 Å². The van der Waals surface area contributed by atoms with Crippen LogP contribution < -0.4 is 4.90 Å². The molecule has 1 N–H and O–H groups in total. The third kappa shape index (κ3) is 2.74. The summed E-state index contributed by atoms with van der Waals surface area (Å²) >= 11 is 12.3. The fourth-order valence-electron chi connectivity index (χ4n) is 5.13. The van der Waals surface area contributed by atoms with E-state index in [0.29, 0.717) is 16.6 Å². The van der Waals surface area contributed by atoms with Crippen molar-refractivity contribution < 1.29 is 4.79 Å². The molecule has 3 aromatic carbocycles. The first-order chi connectivity index (χ1) is 15.5. The summed E-state index contributed by atoms with van der Waals surface area (Å²) in [5, 5.41) is 2.35. The highest BCUT2D eigenvalue weighted by Gasteiger charge is 2.51. The monoisotopic (exact) mass is 457 g/mol. The number of H-pyrrole nitrogens is 1. The summed E-state index contributed by atoms with van der Waals surface area (Å²) in [4.78, 5) is 21.2. The van der Waals surface area contributed by atoms with Crippen LogP contribution in [0.4, 0.5) is 5.69 Å². The van der Waals surface area contributed by atoms with Gasteiger partial charge in [0.05, 0.1) is 11.7 Å². The molecule has 0 aliphatic carbocycles. The van der Waals surface area contributed by atoms with E-state index in [1.54, 1.807) is 4.90 Å². The minimum absolute atomic E-state index is 0.0206. The fourth-order valence-corrected chi connectivity index (χ4v) is 5.75. The molecule has 32 heavy (non-hydrogen) atoms. The van der Waals surface area contributed by atoms with Crippen molar-refractivity contribution in [1.29, 1.82) is 0 Å². The number of fused-ring (bicyclic) bond motifs is 4. The smallest absolute Gasteiger partial charge is 0.256 e. The van der Waals surface area contributed by atoms with Crippen LogP contribution >= 0.6 is 23.8 Å². The van der Waals surface area contributed by atoms with Crippen molar-refractivity contribution in [2.45, 2.75) is 25.4 Å². The standard InChI is InChI=1S/C26H20ClN3OS/c1-15-7-2-5-12-21(15)30-25(31)22-14-19-18-10-3-4-11-20(18)28-23(19)24(29(22)26(30)32)16-8-6-9-17(27)13-16/h2-13,22,24,28H,14H2,1H3. The zero-order chi connectivity index (χ0) is 22.0. The number of rotatable bonds is 2. The second kappa shape index (κ2) is 7.19. The first-order valence-electron chi connectivity index (χ1n) is 10.6. The normalized spacial score (nSPS) is 20.1. The van der Waals surface area contributed by atoms with Crippen molar-refractivity contribution in [2.75, 3.05) is 4.90 Å². The summed E-state index contributed by atoms with van der Waals surface area (Å²) in [7, 11) is 0. The van der Waals surface area contributed by atoms with E-state index in [-0.39, 0.29) is 18.0 Å². The number of aromatic nitrogens is 1. The van der Waals surface area contributed by atoms with Crippen LogP contribution in [0, 0.1) is 6.92 Å². The number of hydrogen-bond donors (Lipinski definition) is 1. The first-order valence-corrected chi connectivity index (χ1v) is 11.4. The van der Waals surface area contributed by atoms with Gasteiger partial charge in [-0.05, 0) is 60.1 Å². The lowest BCUT2D eigenvalue weighted by Crippen LogP contribution is -2.44. The Bertz CT molecular complexity index is 1410. The number of halogens is 1. The van der Waals surface area contributed by atoms with Crippen molar-refractivity contribution in [1.82, 2.24) is 9.88 Å². The van der Waals surface area contributed by atoms with Gasteiger partial charge >= 0.3 is 0 Å². The number of nitrogens with zero attached hydrogens (tertiary/aromatic N) is 2. The number of amides is 1. The molecule has 1 amide bonds. The van der Waals surface area contributed by atoms with E-state index in [4.69, 9.17) is 23.8 Å². The molecule has 0 spiro atoms. The Morgan fingerprint density at radius 2 is 1.81 bits per heavy atom. The lowest BCUT2D eigenvalue weighted by Gasteiger charge is -2.37. The number of anilines is 1. The molecule has 1 aromatic heterocycles. The predicted octanol–water partition coefficient (Wildman–Crippen LogP) is 5.78. The quantitative estimate of drug-likeness (QED) is 0.388.